The first-order valence-electron chi connectivity index (χ1n) is 12.7. The molecule has 4 atom stereocenters. The number of β-amino-alcohol motifs (C(OH)–C–C–N with tert-alkyl or cyclic N) is 1. The van der Waals surface area contributed by atoms with Crippen molar-refractivity contribution in [2.24, 2.45) is 10.8 Å². The Morgan fingerprint density at radius 3 is 2.22 bits per heavy atom. The highest BCUT2D eigenvalue weighted by Gasteiger charge is 2.45. The smallest absolute Gasteiger partial charge is 0.246 e. The number of thiazole rings is 1. The summed E-state index contributed by atoms with van der Waals surface area (Å²) in [7, 11) is 0. The van der Waals surface area contributed by atoms with Gasteiger partial charge in [-0.15, -0.1) is 11.3 Å². The molecule has 8 nitrogen and oxygen atoms in total. The summed E-state index contributed by atoms with van der Waals surface area (Å²) in [5.41, 5.74) is 3.55. The van der Waals surface area contributed by atoms with Crippen LogP contribution in [0.5, 0.6) is 0 Å². The fourth-order valence-electron chi connectivity index (χ4n) is 4.36. The van der Waals surface area contributed by atoms with E-state index >= 15 is 0 Å². The van der Waals surface area contributed by atoms with Crippen LogP contribution in [0.25, 0.3) is 10.4 Å². The molecular formula is C28H40N4O4S. The number of nitrogens with one attached hydrogen (secondary N) is 2. The minimum Gasteiger partial charge on any atom is -0.391 e. The van der Waals surface area contributed by atoms with E-state index in [0.29, 0.717) is 0 Å². The molecule has 0 spiro atoms. The number of rotatable bonds is 6. The molecule has 0 aliphatic carbocycles. The Hall–Kier alpha value is -2.78. The molecule has 3 rings (SSSR count). The number of benzene rings is 1. The molecule has 202 valence electrons. The zero-order chi connectivity index (χ0) is 27.7. The van der Waals surface area contributed by atoms with Crippen LogP contribution in [0, 0.1) is 17.8 Å². The highest BCUT2D eigenvalue weighted by Crippen LogP contribution is 2.30. The van der Waals surface area contributed by atoms with Gasteiger partial charge in [0.15, 0.2) is 0 Å². The maximum Gasteiger partial charge on any atom is 0.246 e. The number of aliphatic hydroxyl groups is 1. The largest absolute Gasteiger partial charge is 0.391 e. The topological polar surface area (TPSA) is 112 Å². The van der Waals surface area contributed by atoms with Crippen LogP contribution < -0.4 is 10.6 Å². The van der Waals surface area contributed by atoms with E-state index in [4.69, 9.17) is 0 Å². The first kappa shape index (κ1) is 28.8. The van der Waals surface area contributed by atoms with E-state index < -0.39 is 29.0 Å². The second kappa shape index (κ2) is 10.9. The molecule has 9 heteroatoms. The number of aromatic nitrogens is 1. The van der Waals surface area contributed by atoms with E-state index in [-0.39, 0.29) is 36.7 Å². The van der Waals surface area contributed by atoms with Crippen LogP contribution in [0.2, 0.25) is 0 Å². The van der Waals surface area contributed by atoms with Crippen molar-refractivity contribution in [1.82, 2.24) is 20.5 Å². The molecule has 3 N–H and O–H groups in total. The summed E-state index contributed by atoms with van der Waals surface area (Å²) in [5.74, 6) is -0.930. The normalized spacial score (nSPS) is 19.9. The van der Waals surface area contributed by atoms with Crippen molar-refractivity contribution in [3.8, 4) is 10.4 Å². The molecule has 37 heavy (non-hydrogen) atoms. The monoisotopic (exact) mass is 528 g/mol. The van der Waals surface area contributed by atoms with Crippen LogP contribution in [0.3, 0.4) is 0 Å². The summed E-state index contributed by atoms with van der Waals surface area (Å²) < 4.78 is 0. The summed E-state index contributed by atoms with van der Waals surface area (Å²) in [6.45, 7) is 14.9. The van der Waals surface area contributed by atoms with Gasteiger partial charge in [-0.3, -0.25) is 14.4 Å². The molecule has 0 bridgehead atoms. The van der Waals surface area contributed by atoms with Crippen LogP contribution in [0.4, 0.5) is 0 Å². The van der Waals surface area contributed by atoms with E-state index in [2.05, 4.69) is 15.6 Å². The predicted octanol–water partition coefficient (Wildman–Crippen LogP) is 3.83. The van der Waals surface area contributed by atoms with Gasteiger partial charge in [-0.2, -0.15) is 0 Å². The van der Waals surface area contributed by atoms with E-state index in [1.54, 1.807) is 32.1 Å². The number of aryl methyl sites for hydroxylation is 1. The van der Waals surface area contributed by atoms with Gasteiger partial charge in [-0.1, -0.05) is 65.8 Å². The van der Waals surface area contributed by atoms with Gasteiger partial charge in [0.1, 0.15) is 12.1 Å². The number of hydrogen-bond acceptors (Lipinski definition) is 6. The number of nitrogens with zero attached hydrogens (tertiary/aromatic N) is 2. The minimum absolute atomic E-state index is 0.0478. The fourth-order valence-corrected chi connectivity index (χ4v) is 5.17. The van der Waals surface area contributed by atoms with Crippen molar-refractivity contribution in [3.63, 3.8) is 0 Å². The van der Waals surface area contributed by atoms with Crippen molar-refractivity contribution in [2.75, 3.05) is 6.54 Å². The van der Waals surface area contributed by atoms with Crippen LogP contribution in [-0.2, 0) is 14.4 Å². The summed E-state index contributed by atoms with van der Waals surface area (Å²) in [6.07, 6.45) is -0.659. The molecule has 1 aliphatic rings. The lowest BCUT2D eigenvalue weighted by Crippen LogP contribution is -2.59. The van der Waals surface area contributed by atoms with Crippen LogP contribution >= 0.6 is 11.3 Å². The number of carbonyl (C=O) groups is 3. The van der Waals surface area contributed by atoms with Gasteiger partial charge < -0.3 is 20.6 Å². The Morgan fingerprint density at radius 1 is 1.08 bits per heavy atom. The molecule has 2 aromatic rings. The van der Waals surface area contributed by atoms with Crippen LogP contribution in [-0.4, -0.2) is 57.4 Å². The maximum atomic E-state index is 13.7. The molecule has 1 unspecified atom stereocenters. The molecule has 1 aromatic carbocycles. The molecule has 2 heterocycles. The third kappa shape index (κ3) is 6.76. The SMILES string of the molecule is Cc1ncsc1-c1ccc([C@@H](C)NC(=O)C2C[C@H](O)CN2C(=O)[C@H](NC(=O)C(C)(C)C)C(C)(C)C)cc1. The Labute approximate surface area is 223 Å². The number of likely N-dealkylation sites (tertiary alicyclic amines) is 1. The second-order valence-corrected chi connectivity index (χ2v) is 12.9. The van der Waals surface area contributed by atoms with Crippen LogP contribution in [0.15, 0.2) is 29.8 Å². The lowest BCUT2D eigenvalue weighted by atomic mass is 9.84. The Morgan fingerprint density at radius 2 is 1.70 bits per heavy atom. The van der Waals surface area contributed by atoms with Crippen molar-refractivity contribution in [1.29, 1.82) is 0 Å². The van der Waals surface area contributed by atoms with Crippen molar-refractivity contribution >= 4 is 29.1 Å². The molecule has 1 aromatic heterocycles. The summed E-state index contributed by atoms with van der Waals surface area (Å²) >= 11 is 1.59. The van der Waals surface area contributed by atoms with E-state index in [0.717, 1.165) is 21.7 Å². The Kier molecular flexibility index (Phi) is 8.49. The van der Waals surface area contributed by atoms with Crippen molar-refractivity contribution in [3.05, 3.63) is 41.0 Å². The molecule has 1 aliphatic heterocycles. The van der Waals surface area contributed by atoms with Crippen molar-refractivity contribution < 1.29 is 19.5 Å². The Bertz CT molecular complexity index is 1130. The Balaban J connectivity index is 1.74. The minimum atomic E-state index is -0.833. The third-order valence-corrected chi connectivity index (χ3v) is 7.69. The molecule has 1 fully saturated rings. The highest BCUT2D eigenvalue weighted by molar-refractivity contribution is 7.13. The second-order valence-electron chi connectivity index (χ2n) is 12.0. The first-order valence-corrected chi connectivity index (χ1v) is 13.6. The molecule has 3 amide bonds. The molecule has 0 saturated carbocycles. The summed E-state index contributed by atoms with van der Waals surface area (Å²) in [4.78, 5) is 46.6. The summed E-state index contributed by atoms with van der Waals surface area (Å²) in [5, 5.41) is 16.3. The number of carbonyl (C=O) groups excluding carboxylic acids is 3. The average Bonchev–Trinajstić information content (AvgIpc) is 3.40. The van der Waals surface area contributed by atoms with Gasteiger partial charge in [0.25, 0.3) is 0 Å². The van der Waals surface area contributed by atoms with Gasteiger partial charge in [0.2, 0.25) is 17.7 Å². The molecule has 0 radical (unpaired) electrons. The highest BCUT2D eigenvalue weighted by atomic mass is 32.1. The fraction of sp³-hybridized carbons (Fsp3) is 0.571. The molecular weight excluding hydrogens is 488 g/mol. The molecule has 1 saturated heterocycles. The van der Waals surface area contributed by atoms with E-state index in [1.165, 1.54) is 4.90 Å². The average molecular weight is 529 g/mol. The van der Waals surface area contributed by atoms with Gasteiger partial charge >= 0.3 is 0 Å². The van der Waals surface area contributed by atoms with Crippen molar-refractivity contribution in [2.45, 2.75) is 86.0 Å². The number of aliphatic hydroxyl groups excluding tert-OH is 1. The first-order chi connectivity index (χ1) is 17.1. The number of amides is 3. The van der Waals surface area contributed by atoms with Gasteiger partial charge in [0.05, 0.1) is 28.2 Å². The van der Waals surface area contributed by atoms with Crippen LogP contribution in [0.1, 0.15) is 72.2 Å². The standard InChI is InChI=1S/C28H40N4O4S/c1-16(18-9-11-19(12-10-18)22-17(2)29-15-37-22)30-24(34)21-13-20(33)14-32(21)25(35)23(27(3,4)5)31-26(36)28(6,7)8/h9-12,15-16,20-21,23,33H,13-14H2,1-8H3,(H,30,34)(H,31,36)/t16-,20+,21?,23+/m1/s1. The van der Waals surface area contributed by atoms with E-state index in [1.807, 2.05) is 64.4 Å². The van der Waals surface area contributed by atoms with Gasteiger partial charge in [0, 0.05) is 18.4 Å². The lowest BCUT2D eigenvalue weighted by molar-refractivity contribution is -0.145. The zero-order valence-corrected chi connectivity index (χ0v) is 23.9. The summed E-state index contributed by atoms with van der Waals surface area (Å²) in [6, 6.07) is 6.03. The third-order valence-electron chi connectivity index (χ3n) is 6.71. The zero-order valence-electron chi connectivity index (χ0n) is 23.1. The van der Waals surface area contributed by atoms with E-state index in [9.17, 15) is 19.5 Å². The van der Waals surface area contributed by atoms with Gasteiger partial charge in [-0.25, -0.2) is 4.98 Å². The quantitative estimate of drug-likeness (QED) is 0.528. The predicted molar refractivity (Wildman–Crippen MR) is 146 cm³/mol. The lowest BCUT2D eigenvalue weighted by Gasteiger charge is -2.36. The van der Waals surface area contributed by atoms with Gasteiger partial charge in [-0.05, 0) is 30.4 Å². The maximum absolute atomic E-state index is 13.7. The number of hydrogen-bond donors (Lipinski definition) is 3.